The molecular formula is C20H25NO4. The molecule has 3 heterocycles. The molecule has 0 bridgehead atoms. The van der Waals surface area contributed by atoms with Crippen LogP contribution in [0.2, 0.25) is 0 Å². The first kappa shape index (κ1) is 16.7. The molecule has 0 radical (unpaired) electrons. The number of ether oxygens (including phenoxy) is 2. The summed E-state index contributed by atoms with van der Waals surface area (Å²) in [5, 5.41) is 0. The number of esters is 1. The molecular weight excluding hydrogens is 318 g/mol. The van der Waals surface area contributed by atoms with Crippen LogP contribution in [0.3, 0.4) is 0 Å². The maximum atomic E-state index is 13.0. The number of carbonyl (C=O) groups excluding carboxylic acids is 2. The van der Waals surface area contributed by atoms with Gasteiger partial charge in [0.15, 0.2) is 5.78 Å². The normalized spacial score (nSPS) is 23.6. The molecule has 0 atom stereocenters. The van der Waals surface area contributed by atoms with Crippen molar-refractivity contribution in [1.29, 1.82) is 0 Å². The Morgan fingerprint density at radius 3 is 2.36 bits per heavy atom. The number of hydrogen-bond donors (Lipinski definition) is 0. The zero-order valence-electron chi connectivity index (χ0n) is 15.4. The first-order chi connectivity index (χ1) is 11.7. The van der Waals surface area contributed by atoms with Gasteiger partial charge in [-0.2, -0.15) is 0 Å². The smallest absolute Gasteiger partial charge is 0.341 e. The number of fused-ring (bicyclic) bond motifs is 4. The number of pyridine rings is 1. The van der Waals surface area contributed by atoms with Gasteiger partial charge in [0.1, 0.15) is 5.60 Å². The summed E-state index contributed by atoms with van der Waals surface area (Å²) in [6.45, 7) is 9.36. The van der Waals surface area contributed by atoms with E-state index in [-0.39, 0.29) is 23.1 Å². The van der Waals surface area contributed by atoms with Crippen molar-refractivity contribution in [2.45, 2.75) is 64.9 Å². The van der Waals surface area contributed by atoms with Gasteiger partial charge in [0.2, 0.25) is 0 Å². The highest BCUT2D eigenvalue weighted by Crippen LogP contribution is 2.50. The molecule has 25 heavy (non-hydrogen) atoms. The van der Waals surface area contributed by atoms with Crippen molar-refractivity contribution in [3.63, 3.8) is 0 Å². The van der Waals surface area contributed by atoms with E-state index in [9.17, 15) is 9.59 Å². The minimum Gasteiger partial charge on any atom is -0.450 e. The van der Waals surface area contributed by atoms with E-state index in [0.717, 1.165) is 23.4 Å². The second-order valence-corrected chi connectivity index (χ2v) is 8.66. The van der Waals surface area contributed by atoms with Gasteiger partial charge in [0, 0.05) is 30.4 Å². The summed E-state index contributed by atoms with van der Waals surface area (Å²) in [6.07, 6.45) is 2.45. The first-order valence-electron chi connectivity index (χ1n) is 9.16. The van der Waals surface area contributed by atoms with E-state index in [0.29, 0.717) is 43.6 Å². The molecule has 0 saturated carbocycles. The topological polar surface area (TPSA) is 65.5 Å². The predicted molar refractivity (Wildman–Crippen MR) is 91.9 cm³/mol. The highest BCUT2D eigenvalue weighted by atomic mass is 16.6. The van der Waals surface area contributed by atoms with Crippen molar-refractivity contribution in [1.82, 2.24) is 4.98 Å². The molecule has 1 aliphatic carbocycles. The highest BCUT2D eigenvalue weighted by molar-refractivity contribution is 6.06. The molecule has 0 aromatic carbocycles. The Balaban J connectivity index is 2.02. The zero-order chi connectivity index (χ0) is 18.0. The molecule has 0 unspecified atom stereocenters. The molecule has 2 aliphatic heterocycles. The molecule has 5 heteroatoms. The van der Waals surface area contributed by atoms with Gasteiger partial charge < -0.3 is 9.47 Å². The third-order valence-corrected chi connectivity index (χ3v) is 5.66. The zero-order valence-corrected chi connectivity index (χ0v) is 15.4. The summed E-state index contributed by atoms with van der Waals surface area (Å²) in [4.78, 5) is 30.6. The molecule has 1 fully saturated rings. The van der Waals surface area contributed by atoms with Gasteiger partial charge in [0.25, 0.3) is 0 Å². The third-order valence-electron chi connectivity index (χ3n) is 5.66. The lowest BCUT2D eigenvalue weighted by molar-refractivity contribution is -0.0738. The van der Waals surface area contributed by atoms with Crippen LogP contribution in [-0.2, 0) is 21.5 Å². The van der Waals surface area contributed by atoms with Crippen molar-refractivity contribution >= 4 is 11.8 Å². The van der Waals surface area contributed by atoms with Gasteiger partial charge >= 0.3 is 5.97 Å². The summed E-state index contributed by atoms with van der Waals surface area (Å²) in [6, 6.07) is 0. The van der Waals surface area contributed by atoms with Crippen molar-refractivity contribution in [2.24, 2.45) is 5.41 Å². The second-order valence-electron chi connectivity index (χ2n) is 8.66. The van der Waals surface area contributed by atoms with Gasteiger partial charge in [-0.15, -0.1) is 0 Å². The van der Waals surface area contributed by atoms with E-state index in [1.54, 1.807) is 0 Å². The molecule has 134 valence electrons. The number of nitrogens with zero attached hydrogens (tertiary/aromatic N) is 1. The van der Waals surface area contributed by atoms with E-state index < -0.39 is 5.60 Å². The highest BCUT2D eigenvalue weighted by Gasteiger charge is 2.52. The number of Topliss-reactive ketones (excluding diaryl/α,β-unsaturated/α-hetero) is 1. The van der Waals surface area contributed by atoms with Crippen LogP contribution < -0.4 is 0 Å². The van der Waals surface area contributed by atoms with Gasteiger partial charge in [-0.05, 0) is 17.8 Å². The van der Waals surface area contributed by atoms with Crippen molar-refractivity contribution in [3.8, 4) is 0 Å². The lowest BCUT2D eigenvalue weighted by Gasteiger charge is -2.37. The van der Waals surface area contributed by atoms with E-state index in [4.69, 9.17) is 14.5 Å². The van der Waals surface area contributed by atoms with E-state index >= 15 is 0 Å². The average Bonchev–Trinajstić information content (AvgIpc) is 2.78. The van der Waals surface area contributed by atoms with Crippen LogP contribution in [-0.4, -0.2) is 30.0 Å². The maximum absolute atomic E-state index is 13.0. The lowest BCUT2D eigenvalue weighted by atomic mass is 9.71. The maximum Gasteiger partial charge on any atom is 0.341 e. The fourth-order valence-corrected chi connectivity index (χ4v) is 4.53. The molecule has 0 amide bonds. The Kier molecular flexibility index (Phi) is 3.59. The van der Waals surface area contributed by atoms with E-state index in [2.05, 4.69) is 13.8 Å². The summed E-state index contributed by atoms with van der Waals surface area (Å²) < 4.78 is 11.4. The van der Waals surface area contributed by atoms with Crippen molar-refractivity contribution in [3.05, 3.63) is 28.1 Å². The number of aromatic nitrogens is 1. The van der Waals surface area contributed by atoms with Crippen LogP contribution in [0.5, 0.6) is 0 Å². The standard InChI is InChI=1S/C20H25NO4/c1-11(2)17-15-16(20(25-18(15)23)5-7-24-8-6-20)14-12(21-17)9-19(3,4)10-13(14)22/h11H,5-10H2,1-4H3. The first-order valence-corrected chi connectivity index (χ1v) is 9.16. The quantitative estimate of drug-likeness (QED) is 0.730. The summed E-state index contributed by atoms with van der Waals surface area (Å²) in [5.74, 6) is -0.135. The van der Waals surface area contributed by atoms with Gasteiger partial charge in [-0.1, -0.05) is 27.7 Å². The number of rotatable bonds is 1. The number of ketones is 1. The predicted octanol–water partition coefficient (Wildman–Crippen LogP) is 3.54. The minimum absolute atomic E-state index is 0.0921. The molecule has 5 nitrogen and oxygen atoms in total. The molecule has 1 aromatic rings. The van der Waals surface area contributed by atoms with Crippen LogP contribution in [0.15, 0.2) is 0 Å². The molecule has 1 aromatic heterocycles. The Hall–Kier alpha value is -1.75. The van der Waals surface area contributed by atoms with Crippen LogP contribution in [0.1, 0.15) is 90.5 Å². The fraction of sp³-hybridized carbons (Fsp3) is 0.650. The van der Waals surface area contributed by atoms with Gasteiger partial charge in [-0.25, -0.2) is 4.79 Å². The van der Waals surface area contributed by atoms with Crippen LogP contribution in [0.4, 0.5) is 0 Å². The Bertz CT molecular complexity index is 772. The Morgan fingerprint density at radius 2 is 1.72 bits per heavy atom. The molecule has 1 saturated heterocycles. The fourth-order valence-electron chi connectivity index (χ4n) is 4.53. The van der Waals surface area contributed by atoms with Crippen molar-refractivity contribution < 1.29 is 19.1 Å². The Labute approximate surface area is 148 Å². The molecule has 1 spiro atoms. The van der Waals surface area contributed by atoms with Gasteiger partial charge in [-0.3, -0.25) is 9.78 Å². The van der Waals surface area contributed by atoms with Crippen LogP contribution >= 0.6 is 0 Å². The minimum atomic E-state index is -0.710. The monoisotopic (exact) mass is 343 g/mol. The van der Waals surface area contributed by atoms with Crippen LogP contribution in [0.25, 0.3) is 0 Å². The average molecular weight is 343 g/mol. The number of carbonyl (C=O) groups is 2. The third kappa shape index (κ3) is 2.43. The van der Waals surface area contributed by atoms with E-state index in [1.807, 2.05) is 13.8 Å². The molecule has 0 N–H and O–H groups in total. The molecule has 4 rings (SSSR count). The summed E-state index contributed by atoms with van der Waals surface area (Å²) >= 11 is 0. The largest absolute Gasteiger partial charge is 0.450 e. The van der Waals surface area contributed by atoms with E-state index in [1.165, 1.54) is 0 Å². The second kappa shape index (κ2) is 5.37. The summed E-state index contributed by atoms with van der Waals surface area (Å²) in [7, 11) is 0. The molecule has 3 aliphatic rings. The van der Waals surface area contributed by atoms with Crippen LogP contribution in [0, 0.1) is 5.41 Å². The SMILES string of the molecule is CC(C)c1nc2c(c3c1C(=O)OC31CCOCC1)C(=O)CC(C)(C)C2. The summed E-state index contributed by atoms with van der Waals surface area (Å²) in [5.41, 5.74) is 2.82. The van der Waals surface area contributed by atoms with Crippen molar-refractivity contribution in [2.75, 3.05) is 13.2 Å². The van der Waals surface area contributed by atoms with Gasteiger partial charge in [0.05, 0.1) is 30.2 Å². The Morgan fingerprint density at radius 1 is 1.04 bits per heavy atom. The number of hydrogen-bond acceptors (Lipinski definition) is 5. The lowest BCUT2D eigenvalue weighted by Crippen LogP contribution is -2.37.